The molecule has 0 bridgehead atoms. The van der Waals surface area contributed by atoms with E-state index in [9.17, 15) is 33.6 Å². The van der Waals surface area contributed by atoms with Gasteiger partial charge in [0.15, 0.2) is 36.2 Å². The van der Waals surface area contributed by atoms with Gasteiger partial charge in [-0.25, -0.2) is 4.79 Å². The number of esters is 1. The number of nitrogens with zero attached hydrogens (tertiary/aromatic N) is 1. The zero-order chi connectivity index (χ0) is 62.7. The predicted octanol–water partition coefficient (Wildman–Crippen LogP) is 6.00. The maximum absolute atomic E-state index is 14.6. The molecule has 476 valence electrons. The quantitative estimate of drug-likeness (QED) is 0.0295. The van der Waals surface area contributed by atoms with Crippen LogP contribution in [0.3, 0.4) is 0 Å². The van der Waals surface area contributed by atoms with Crippen molar-refractivity contribution < 1.29 is 85.7 Å². The Labute approximate surface area is 509 Å². The monoisotopic (exact) mass is 1210 g/mol. The number of nitrogens with one attached hydrogen (secondary N) is 4. The number of hydrogen-bond acceptors (Lipinski definition) is 18. The maximum Gasteiger partial charge on any atom is 0.329 e. The standard InChI is InChI=1S/C64H87N5O18/c1-9-46(44-36-55(79-6)60(81-8)56(37-44)80-7)63(75)69-28-11-10-16-50(69)64(76)87-52(23-19-43-20-24-53(77-4)54(35-43)78-5)48-38-45(21-18-41(48)2)85-39-58(71)65-26-13-29-82-31-33-84-34-32-83-30-14-27-66-59(72)40-86-51-17-12-15-47(42(51)3)61(73)67-49-22-25-57(70)68-62(49)74/h12,15,17,20-21,24,35-38,41,46,49-50,52H,9-11,13-14,16,18-19,22-23,25-34,39-40H2,1-8H3,(H,65,71)(H,66,72)(H,67,73)(H,68,70,74)/t41?,46?,49?,50-,52-/m0/s1. The molecule has 2 aliphatic heterocycles. The van der Waals surface area contributed by atoms with Crippen LogP contribution in [0.2, 0.25) is 0 Å². The van der Waals surface area contributed by atoms with Crippen LogP contribution in [0, 0.1) is 12.8 Å². The van der Waals surface area contributed by atoms with Gasteiger partial charge in [0.1, 0.15) is 29.7 Å². The van der Waals surface area contributed by atoms with Gasteiger partial charge in [0, 0.05) is 50.4 Å². The Balaban J connectivity index is 0.884. The van der Waals surface area contributed by atoms with E-state index < -0.39 is 41.9 Å². The summed E-state index contributed by atoms with van der Waals surface area (Å²) in [5.41, 5.74) is 3.28. The summed E-state index contributed by atoms with van der Waals surface area (Å²) >= 11 is 0. The molecule has 23 heteroatoms. The number of amides is 6. The van der Waals surface area contributed by atoms with Crippen molar-refractivity contribution in [2.75, 3.05) is 108 Å². The van der Waals surface area contributed by atoms with Crippen LogP contribution in [0.25, 0.3) is 0 Å². The second kappa shape index (κ2) is 35.7. The van der Waals surface area contributed by atoms with E-state index in [1.54, 1.807) is 56.4 Å². The Morgan fingerprint density at radius 1 is 0.724 bits per heavy atom. The van der Waals surface area contributed by atoms with Crippen LogP contribution in [0.4, 0.5) is 0 Å². The van der Waals surface area contributed by atoms with Gasteiger partial charge in [0.25, 0.3) is 17.7 Å². The molecule has 4 N–H and O–H groups in total. The van der Waals surface area contributed by atoms with E-state index in [-0.39, 0.29) is 55.6 Å². The minimum atomic E-state index is -0.815. The fourth-order valence-corrected chi connectivity index (χ4v) is 10.5. The number of rotatable bonds is 36. The number of hydrogen-bond donors (Lipinski definition) is 4. The van der Waals surface area contributed by atoms with Gasteiger partial charge in [0.2, 0.25) is 23.5 Å². The van der Waals surface area contributed by atoms with Gasteiger partial charge in [-0.2, -0.15) is 0 Å². The molecular formula is C64H87N5O18. The number of aryl methyl sites for hydroxylation is 1. The lowest BCUT2D eigenvalue weighted by Crippen LogP contribution is -2.52. The number of piperidine rings is 2. The van der Waals surface area contributed by atoms with Crippen LogP contribution in [-0.2, 0) is 58.9 Å². The van der Waals surface area contributed by atoms with Crippen LogP contribution in [-0.4, -0.2) is 173 Å². The molecule has 1 aliphatic carbocycles. The average molecular weight is 1210 g/mol. The van der Waals surface area contributed by atoms with Crippen molar-refractivity contribution in [3.05, 3.63) is 94.3 Å². The van der Waals surface area contributed by atoms with Crippen LogP contribution in [0.5, 0.6) is 34.5 Å². The van der Waals surface area contributed by atoms with E-state index in [2.05, 4.69) is 28.2 Å². The van der Waals surface area contributed by atoms with Gasteiger partial charge >= 0.3 is 5.97 Å². The molecule has 87 heavy (non-hydrogen) atoms. The molecule has 0 spiro atoms. The van der Waals surface area contributed by atoms with Gasteiger partial charge < -0.3 is 73.0 Å². The highest BCUT2D eigenvalue weighted by Gasteiger charge is 2.39. The van der Waals surface area contributed by atoms with Crippen molar-refractivity contribution in [2.45, 2.75) is 116 Å². The molecular weight excluding hydrogens is 1130 g/mol. The molecule has 5 atom stereocenters. The molecule has 3 aliphatic rings. The van der Waals surface area contributed by atoms with E-state index in [4.69, 9.17) is 52.1 Å². The average Bonchev–Trinajstić information content (AvgIpc) is 3.22. The molecule has 6 amide bonds. The first kappa shape index (κ1) is 68.2. The molecule has 2 fully saturated rings. The van der Waals surface area contributed by atoms with E-state index in [1.807, 2.05) is 37.3 Å². The lowest BCUT2D eigenvalue weighted by Gasteiger charge is -2.37. The molecule has 0 radical (unpaired) electrons. The van der Waals surface area contributed by atoms with Crippen molar-refractivity contribution in [2.24, 2.45) is 5.92 Å². The van der Waals surface area contributed by atoms with Crippen LogP contribution in [0.15, 0.2) is 72.0 Å². The SMILES string of the molecule is CCC(C(=O)N1CCCC[C@H]1C(=O)O[C@@H](CCc1ccc(OC)c(OC)c1)C1=CC(OCC(=O)NCCCOCCOCCOCCCNC(=O)COc2cccc(C(=O)NC3CCC(=O)NC3=O)c2C)=CCC1C)c1cc(OC)c(OC)c(OC)c1. The number of benzene rings is 3. The third-order valence-corrected chi connectivity index (χ3v) is 15.3. The third kappa shape index (κ3) is 20.4. The molecule has 6 rings (SSSR count). The number of allylic oxidation sites excluding steroid dienone is 2. The Hall–Kier alpha value is -7.89. The van der Waals surface area contributed by atoms with Crippen molar-refractivity contribution >= 4 is 41.4 Å². The largest absolute Gasteiger partial charge is 0.493 e. The Morgan fingerprint density at radius 2 is 1.37 bits per heavy atom. The zero-order valence-corrected chi connectivity index (χ0v) is 51.5. The van der Waals surface area contributed by atoms with Crippen LogP contribution < -0.4 is 49.7 Å². The second-order valence-corrected chi connectivity index (χ2v) is 21.2. The molecule has 3 aromatic carbocycles. The normalized spacial score (nSPS) is 17.3. The summed E-state index contributed by atoms with van der Waals surface area (Å²) in [6.45, 7) is 8.61. The van der Waals surface area contributed by atoms with Gasteiger partial charge in [-0.15, -0.1) is 0 Å². The molecule has 2 saturated heterocycles. The number of likely N-dealkylation sites (tertiary alicyclic amines) is 1. The minimum Gasteiger partial charge on any atom is -0.493 e. The first-order valence-electron chi connectivity index (χ1n) is 29.8. The molecule has 3 unspecified atom stereocenters. The minimum absolute atomic E-state index is 0.0283. The van der Waals surface area contributed by atoms with Crippen LogP contribution >= 0.6 is 0 Å². The molecule has 0 aromatic heterocycles. The summed E-state index contributed by atoms with van der Waals surface area (Å²) in [6, 6.07) is 12.5. The molecule has 0 saturated carbocycles. The predicted molar refractivity (Wildman–Crippen MR) is 320 cm³/mol. The highest BCUT2D eigenvalue weighted by atomic mass is 16.6. The lowest BCUT2D eigenvalue weighted by atomic mass is 9.86. The van der Waals surface area contributed by atoms with Crippen molar-refractivity contribution in [1.29, 1.82) is 0 Å². The topological polar surface area (TPSA) is 272 Å². The Bertz CT molecular complexity index is 2850. The Kier molecular flexibility index (Phi) is 28.0. The summed E-state index contributed by atoms with van der Waals surface area (Å²) in [5.74, 6) is -0.0213. The number of ether oxygens (including phenoxy) is 11. The summed E-state index contributed by atoms with van der Waals surface area (Å²) in [7, 11) is 7.74. The van der Waals surface area contributed by atoms with E-state index in [1.165, 1.54) is 21.3 Å². The maximum atomic E-state index is 14.6. The van der Waals surface area contributed by atoms with Gasteiger partial charge in [-0.1, -0.05) is 26.0 Å². The van der Waals surface area contributed by atoms with Crippen molar-refractivity contribution in [3.8, 4) is 34.5 Å². The number of imide groups is 1. The summed E-state index contributed by atoms with van der Waals surface area (Å²) in [6.07, 6.45) is 8.55. The summed E-state index contributed by atoms with van der Waals surface area (Å²) in [5, 5.41) is 10.5. The van der Waals surface area contributed by atoms with Crippen molar-refractivity contribution in [3.63, 3.8) is 0 Å². The summed E-state index contributed by atoms with van der Waals surface area (Å²) < 4.78 is 63.0. The van der Waals surface area contributed by atoms with E-state index >= 15 is 0 Å². The Morgan fingerprint density at radius 3 is 1.99 bits per heavy atom. The second-order valence-electron chi connectivity index (χ2n) is 21.2. The molecule has 23 nitrogen and oxygen atoms in total. The first-order chi connectivity index (χ1) is 42.1. The summed E-state index contributed by atoms with van der Waals surface area (Å²) in [4.78, 5) is 92.7. The lowest BCUT2D eigenvalue weighted by molar-refractivity contribution is -0.161. The first-order valence-corrected chi connectivity index (χ1v) is 29.8. The van der Waals surface area contributed by atoms with Gasteiger partial charge in [-0.05, 0) is 142 Å². The van der Waals surface area contributed by atoms with E-state index in [0.717, 1.165) is 24.0 Å². The number of methoxy groups -OCH3 is 5. The molecule has 3 aromatic rings. The number of carbonyl (C=O) groups is 7. The highest BCUT2D eigenvalue weighted by molar-refractivity contribution is 6.04. The van der Waals surface area contributed by atoms with E-state index in [0.29, 0.717) is 161 Å². The smallest absolute Gasteiger partial charge is 0.329 e. The van der Waals surface area contributed by atoms with Gasteiger partial charge in [0.05, 0.1) is 67.9 Å². The number of carbonyl (C=O) groups excluding carboxylic acids is 7. The third-order valence-electron chi connectivity index (χ3n) is 15.3. The zero-order valence-electron chi connectivity index (χ0n) is 51.5. The molecule has 2 heterocycles. The van der Waals surface area contributed by atoms with Gasteiger partial charge in [-0.3, -0.25) is 34.1 Å². The fraction of sp³-hybridized carbons (Fsp3) is 0.547. The fourth-order valence-electron chi connectivity index (χ4n) is 10.5. The highest BCUT2D eigenvalue weighted by Crippen LogP contribution is 2.42. The van der Waals surface area contributed by atoms with Crippen LogP contribution in [0.1, 0.15) is 111 Å². The van der Waals surface area contributed by atoms with Crippen molar-refractivity contribution in [1.82, 2.24) is 26.2 Å².